The van der Waals surface area contributed by atoms with E-state index in [1.807, 2.05) is 30.6 Å². The first-order chi connectivity index (χ1) is 15.1. The number of hydrogen-bond donors (Lipinski definition) is 3. The van der Waals surface area contributed by atoms with Crippen molar-refractivity contribution in [3.05, 3.63) is 48.6 Å². The molecule has 0 radical (unpaired) electrons. The molecule has 3 aliphatic rings. The molecule has 2 unspecified atom stereocenters. The summed E-state index contributed by atoms with van der Waals surface area (Å²) in [5, 5.41) is 25.2. The van der Waals surface area contributed by atoms with Gasteiger partial charge in [0.05, 0.1) is 38.1 Å². The van der Waals surface area contributed by atoms with Crippen LogP contribution in [-0.4, -0.2) is 58.6 Å². The zero-order valence-corrected chi connectivity index (χ0v) is 16.8. The van der Waals surface area contributed by atoms with Gasteiger partial charge in [-0.1, -0.05) is 4.59 Å². The molecule has 11 heteroatoms. The second-order valence-electron chi connectivity index (χ2n) is 7.41. The number of carbonyl (C=O) groups excluding carboxylic acids is 1. The number of guanidine groups is 1. The van der Waals surface area contributed by atoms with E-state index in [-0.39, 0.29) is 17.1 Å². The molecule has 11 nitrogen and oxygen atoms in total. The first kappa shape index (κ1) is 19.3. The topological polar surface area (TPSA) is 125 Å². The maximum Gasteiger partial charge on any atom is 0.287 e. The fraction of sp³-hybridized carbons (Fsp3) is 0.250. The van der Waals surface area contributed by atoms with Gasteiger partial charge in [-0.05, 0) is 28.9 Å². The molecule has 0 bridgehead atoms. The van der Waals surface area contributed by atoms with Gasteiger partial charge in [-0.2, -0.15) is 10.1 Å². The first-order valence-electron chi connectivity index (χ1n) is 9.75. The molecule has 0 saturated heterocycles. The molecule has 1 aromatic carbocycles. The van der Waals surface area contributed by atoms with E-state index in [9.17, 15) is 9.90 Å². The van der Waals surface area contributed by atoms with Gasteiger partial charge in [-0.25, -0.2) is 0 Å². The number of ether oxygens (including phenoxy) is 1. The van der Waals surface area contributed by atoms with Crippen LogP contribution in [0, 0.1) is 0 Å². The Morgan fingerprint density at radius 1 is 1.42 bits per heavy atom. The van der Waals surface area contributed by atoms with E-state index in [2.05, 4.69) is 25.7 Å². The molecule has 0 aliphatic carbocycles. The molecule has 0 saturated carbocycles. The zero-order chi connectivity index (χ0) is 21.4. The summed E-state index contributed by atoms with van der Waals surface area (Å²) in [6, 6.07) is 5.64. The standard InChI is InChI=1S/C20H20N8O3/c1-31-12-16(29)11-27-10-15(8-22-27)28-5-4-21-9-18(28)25-20(26-28)23-14-2-3-17-13(6-14)7-19(30)24-17/h2-6,8-10,16,29H,7,11-12H2,1H3,(H-,21,23,24,25,26,30)/p+1. The number of fused-ring (bicyclic) bond motifs is 2. The minimum absolute atomic E-state index is 0.0128. The van der Waals surface area contributed by atoms with Gasteiger partial charge in [0.25, 0.3) is 11.8 Å². The van der Waals surface area contributed by atoms with Gasteiger partial charge in [0, 0.05) is 18.5 Å². The summed E-state index contributed by atoms with van der Waals surface area (Å²) in [5.41, 5.74) is 3.30. The number of quaternary nitrogens is 1. The first-order valence-corrected chi connectivity index (χ1v) is 9.75. The highest BCUT2D eigenvalue weighted by atomic mass is 16.5. The van der Waals surface area contributed by atoms with Crippen LogP contribution in [0.2, 0.25) is 0 Å². The maximum atomic E-state index is 11.6. The number of hydrogen-bond acceptors (Lipinski definition) is 8. The average molecular weight is 421 g/mol. The van der Waals surface area contributed by atoms with Gasteiger partial charge >= 0.3 is 0 Å². The molecule has 31 heavy (non-hydrogen) atoms. The van der Waals surface area contributed by atoms with Crippen molar-refractivity contribution in [2.24, 2.45) is 15.1 Å². The molecule has 0 fully saturated rings. The molecule has 2 atom stereocenters. The molecule has 3 N–H and O–H groups in total. The Kier molecular flexibility index (Phi) is 4.70. The van der Waals surface area contributed by atoms with Crippen LogP contribution in [0.1, 0.15) is 5.56 Å². The minimum Gasteiger partial charge on any atom is -0.389 e. The van der Waals surface area contributed by atoms with Gasteiger partial charge in [0.2, 0.25) is 11.6 Å². The molecule has 5 rings (SSSR count). The predicted octanol–water partition coefficient (Wildman–Crippen LogP) is 1.04. The number of benzene rings is 1. The fourth-order valence-corrected chi connectivity index (χ4v) is 3.73. The number of anilines is 2. The lowest BCUT2D eigenvalue weighted by atomic mass is 10.1. The van der Waals surface area contributed by atoms with E-state index in [1.165, 1.54) is 0 Å². The third-order valence-electron chi connectivity index (χ3n) is 5.14. The number of aliphatic imine (C=N–C) groups is 2. The van der Waals surface area contributed by atoms with Crippen LogP contribution in [0.25, 0.3) is 0 Å². The van der Waals surface area contributed by atoms with Gasteiger partial charge in [0.15, 0.2) is 6.20 Å². The third kappa shape index (κ3) is 3.54. The van der Waals surface area contributed by atoms with Gasteiger partial charge in [0.1, 0.15) is 12.4 Å². The van der Waals surface area contributed by atoms with E-state index in [1.54, 1.807) is 30.4 Å². The molecule has 1 amide bonds. The van der Waals surface area contributed by atoms with Crippen molar-refractivity contribution in [3.8, 4) is 0 Å². The van der Waals surface area contributed by atoms with Crippen molar-refractivity contribution in [1.29, 1.82) is 0 Å². The minimum atomic E-state index is -0.662. The van der Waals surface area contributed by atoms with E-state index in [0.29, 0.717) is 24.8 Å². The van der Waals surface area contributed by atoms with Crippen LogP contribution >= 0.6 is 0 Å². The molecule has 1 aromatic heterocycles. The zero-order valence-electron chi connectivity index (χ0n) is 16.8. The van der Waals surface area contributed by atoms with Crippen molar-refractivity contribution in [2.75, 3.05) is 24.4 Å². The van der Waals surface area contributed by atoms with Crippen LogP contribution < -0.4 is 15.2 Å². The molecule has 3 aliphatic heterocycles. The molecular weight excluding hydrogens is 400 g/mol. The lowest BCUT2D eigenvalue weighted by molar-refractivity contribution is -0.115. The number of aliphatic hydroxyl groups excluding tert-OH is 1. The lowest BCUT2D eigenvalue weighted by Crippen LogP contribution is -2.44. The summed E-state index contributed by atoms with van der Waals surface area (Å²) >= 11 is 0. The Morgan fingerprint density at radius 2 is 2.32 bits per heavy atom. The fourth-order valence-electron chi connectivity index (χ4n) is 3.73. The van der Waals surface area contributed by atoms with Gasteiger partial charge in [-0.15, -0.1) is 0 Å². The number of carbonyl (C=O) groups is 1. The Labute approximate surface area is 177 Å². The van der Waals surface area contributed by atoms with Gasteiger partial charge in [-0.3, -0.25) is 14.5 Å². The highest BCUT2D eigenvalue weighted by Crippen LogP contribution is 2.31. The highest BCUT2D eigenvalue weighted by molar-refractivity contribution is 6.38. The predicted molar refractivity (Wildman–Crippen MR) is 117 cm³/mol. The van der Waals surface area contributed by atoms with Crippen LogP contribution in [0.3, 0.4) is 0 Å². The Balaban J connectivity index is 1.41. The van der Waals surface area contributed by atoms with E-state index >= 15 is 0 Å². The number of rotatable bonds is 6. The Morgan fingerprint density at radius 3 is 3.19 bits per heavy atom. The summed E-state index contributed by atoms with van der Waals surface area (Å²) in [7, 11) is 1.54. The average Bonchev–Trinajstić information content (AvgIpc) is 3.44. The number of aliphatic hydroxyl groups is 1. The number of nitrogens with zero attached hydrogens (tertiary/aromatic N) is 6. The van der Waals surface area contributed by atoms with Crippen molar-refractivity contribution < 1.29 is 14.6 Å². The van der Waals surface area contributed by atoms with Crippen molar-refractivity contribution >= 4 is 41.0 Å². The highest BCUT2D eigenvalue weighted by Gasteiger charge is 2.44. The summed E-state index contributed by atoms with van der Waals surface area (Å²) in [6.45, 7) is 0.525. The number of amides is 1. The maximum absolute atomic E-state index is 11.6. The van der Waals surface area contributed by atoms with Crippen LogP contribution in [0.5, 0.6) is 0 Å². The monoisotopic (exact) mass is 421 g/mol. The smallest absolute Gasteiger partial charge is 0.287 e. The Hall–Kier alpha value is -3.67. The van der Waals surface area contributed by atoms with Crippen molar-refractivity contribution in [3.63, 3.8) is 0 Å². The van der Waals surface area contributed by atoms with Crippen LogP contribution in [0.15, 0.2) is 58.1 Å². The number of aromatic nitrogens is 2. The molecule has 0 spiro atoms. The van der Waals surface area contributed by atoms with Crippen LogP contribution in [0.4, 0.5) is 17.1 Å². The number of nitrogens with one attached hydrogen (secondary N) is 2. The number of amidine groups is 1. The summed E-state index contributed by atoms with van der Waals surface area (Å²) < 4.78 is 6.61. The van der Waals surface area contributed by atoms with E-state index in [4.69, 9.17) is 9.84 Å². The van der Waals surface area contributed by atoms with E-state index in [0.717, 1.165) is 22.6 Å². The molecule has 158 valence electrons. The SMILES string of the molecule is COCC(O)Cn1cc([N+]23C=CN=CC2=NC(Nc2ccc4c(c2)CC(=O)N4)=N3)cn1. The second-order valence-corrected chi connectivity index (χ2v) is 7.41. The van der Waals surface area contributed by atoms with E-state index < -0.39 is 6.10 Å². The normalized spacial score (nSPS) is 21.9. The Bertz CT molecular complexity index is 1160. The largest absolute Gasteiger partial charge is 0.389 e. The van der Waals surface area contributed by atoms with Crippen LogP contribution in [-0.2, 0) is 22.5 Å². The summed E-state index contributed by atoms with van der Waals surface area (Å²) in [5.74, 6) is 1.01. The molecule has 4 heterocycles. The third-order valence-corrected chi connectivity index (χ3v) is 5.14. The molecular formula is C20H21N8O3+. The summed E-state index contributed by atoms with van der Waals surface area (Å²) in [6.07, 6.45) is 8.33. The van der Waals surface area contributed by atoms with Crippen molar-refractivity contribution in [1.82, 2.24) is 14.4 Å². The quantitative estimate of drug-likeness (QED) is 0.601. The van der Waals surface area contributed by atoms with Crippen molar-refractivity contribution in [2.45, 2.75) is 19.1 Å². The van der Waals surface area contributed by atoms with Gasteiger partial charge < -0.3 is 20.5 Å². The lowest BCUT2D eigenvalue weighted by Gasteiger charge is -2.21. The number of methoxy groups -OCH3 is 1. The second kappa shape index (κ2) is 7.54. The molecule has 2 aromatic rings. The summed E-state index contributed by atoms with van der Waals surface area (Å²) in [4.78, 5) is 20.4.